The molecule has 1 aromatic rings. The van der Waals surface area contributed by atoms with Crippen molar-refractivity contribution < 1.29 is 13.9 Å². The van der Waals surface area contributed by atoms with Crippen LogP contribution >= 0.6 is 15.9 Å². The van der Waals surface area contributed by atoms with Gasteiger partial charge in [0.1, 0.15) is 12.2 Å². The second-order valence-corrected chi connectivity index (χ2v) is 5.17. The molecule has 1 fully saturated rings. The second kappa shape index (κ2) is 4.72. The van der Waals surface area contributed by atoms with E-state index in [1.165, 1.54) is 0 Å². The highest BCUT2D eigenvalue weighted by atomic mass is 79.9. The third-order valence-electron chi connectivity index (χ3n) is 2.89. The average molecular weight is 289 g/mol. The first kappa shape index (κ1) is 11.9. The van der Waals surface area contributed by atoms with Crippen molar-refractivity contribution in [2.45, 2.75) is 30.4 Å². The lowest BCUT2D eigenvalue weighted by molar-refractivity contribution is -0.0558. The van der Waals surface area contributed by atoms with E-state index in [9.17, 15) is 4.39 Å². The maximum Gasteiger partial charge on any atom is 0.167 e. The number of rotatable bonds is 3. The van der Waals surface area contributed by atoms with E-state index in [1.54, 1.807) is 32.2 Å². The van der Waals surface area contributed by atoms with E-state index >= 15 is 0 Å². The van der Waals surface area contributed by atoms with Crippen LogP contribution in [0.4, 0.5) is 4.39 Å². The third kappa shape index (κ3) is 2.09. The summed E-state index contributed by atoms with van der Waals surface area (Å²) < 4.78 is 24.5. The molecule has 0 spiro atoms. The van der Waals surface area contributed by atoms with Crippen LogP contribution < -0.4 is 4.74 Å². The molecule has 0 aliphatic heterocycles. The Morgan fingerprint density at radius 2 is 2.19 bits per heavy atom. The highest BCUT2D eigenvalue weighted by molar-refractivity contribution is 9.09. The van der Waals surface area contributed by atoms with Crippen LogP contribution in [0.3, 0.4) is 0 Å². The molecule has 0 radical (unpaired) electrons. The van der Waals surface area contributed by atoms with Gasteiger partial charge in [-0.3, -0.25) is 0 Å². The largest absolute Gasteiger partial charge is 0.485 e. The summed E-state index contributed by atoms with van der Waals surface area (Å²) in [4.78, 5) is 0.301. The summed E-state index contributed by atoms with van der Waals surface area (Å²) in [5.41, 5.74) is 0.598. The quantitative estimate of drug-likeness (QED) is 0.796. The Bertz CT molecular complexity index is 383. The number of hydrogen-bond acceptors (Lipinski definition) is 2. The molecule has 0 bridgehead atoms. The van der Waals surface area contributed by atoms with Gasteiger partial charge in [0.2, 0.25) is 0 Å². The molecule has 0 aromatic heterocycles. The van der Waals surface area contributed by atoms with Gasteiger partial charge in [0.25, 0.3) is 0 Å². The lowest BCUT2D eigenvalue weighted by Gasteiger charge is -2.40. The summed E-state index contributed by atoms with van der Waals surface area (Å²) in [6, 6.07) is 5.17. The smallest absolute Gasteiger partial charge is 0.167 e. The Kier molecular flexibility index (Phi) is 3.50. The maximum atomic E-state index is 13.7. The Morgan fingerprint density at radius 1 is 1.44 bits per heavy atom. The highest BCUT2D eigenvalue weighted by Crippen LogP contribution is 2.34. The Hall–Kier alpha value is -0.610. The summed E-state index contributed by atoms with van der Waals surface area (Å²) in [5.74, 6) is 0.0295. The summed E-state index contributed by atoms with van der Waals surface area (Å²) in [6.07, 6.45) is 0.775. The van der Waals surface area contributed by atoms with Gasteiger partial charge in [-0.1, -0.05) is 28.1 Å². The van der Waals surface area contributed by atoms with Gasteiger partial charge in [0.15, 0.2) is 11.6 Å². The maximum absolute atomic E-state index is 13.7. The number of hydrogen-bond donors (Lipinski definition) is 0. The molecule has 2 nitrogen and oxygen atoms in total. The fraction of sp³-hybridized carbons (Fsp3) is 0.500. The third-order valence-corrected chi connectivity index (χ3v) is 3.78. The van der Waals surface area contributed by atoms with E-state index < -0.39 is 0 Å². The molecule has 1 aromatic carbocycles. The van der Waals surface area contributed by atoms with Gasteiger partial charge in [0.05, 0.1) is 0 Å². The van der Waals surface area contributed by atoms with Crippen LogP contribution in [-0.4, -0.2) is 24.1 Å². The van der Waals surface area contributed by atoms with Crippen LogP contribution in [0.1, 0.15) is 12.0 Å². The minimum absolute atomic E-state index is 0.0000813. The van der Waals surface area contributed by atoms with Crippen LogP contribution in [-0.2, 0) is 4.74 Å². The zero-order chi connectivity index (χ0) is 11.7. The van der Waals surface area contributed by atoms with E-state index in [4.69, 9.17) is 9.47 Å². The molecule has 1 saturated carbocycles. The van der Waals surface area contributed by atoms with E-state index in [-0.39, 0.29) is 18.0 Å². The minimum atomic E-state index is -0.282. The fourth-order valence-corrected chi connectivity index (χ4v) is 2.74. The van der Waals surface area contributed by atoms with E-state index in [0.29, 0.717) is 16.1 Å². The first-order chi connectivity index (χ1) is 7.63. The van der Waals surface area contributed by atoms with E-state index in [1.807, 2.05) is 0 Å². The summed E-state index contributed by atoms with van der Waals surface area (Å²) >= 11 is 3.47. The normalized spacial score (nSPS) is 28.6. The molecule has 0 amide bonds. The summed E-state index contributed by atoms with van der Waals surface area (Å²) in [5, 5.41) is 0. The Morgan fingerprint density at radius 3 is 2.81 bits per heavy atom. The Labute approximate surface area is 103 Å². The molecule has 0 N–H and O–H groups in total. The van der Waals surface area contributed by atoms with E-state index in [2.05, 4.69) is 15.9 Å². The summed E-state index contributed by atoms with van der Waals surface area (Å²) in [7, 11) is 1.64. The molecule has 1 aliphatic rings. The fourth-order valence-electron chi connectivity index (χ4n) is 1.82. The number of halogens is 2. The molecule has 3 unspecified atom stereocenters. The zero-order valence-corrected chi connectivity index (χ0v) is 10.8. The van der Waals surface area contributed by atoms with Crippen LogP contribution in [0.2, 0.25) is 0 Å². The average Bonchev–Trinajstić information content (AvgIpc) is 2.24. The van der Waals surface area contributed by atoms with Crippen molar-refractivity contribution in [1.82, 2.24) is 0 Å². The van der Waals surface area contributed by atoms with Crippen molar-refractivity contribution in [1.29, 1.82) is 0 Å². The molecule has 0 heterocycles. The number of ether oxygens (including phenoxy) is 2. The molecular weight excluding hydrogens is 275 g/mol. The van der Waals surface area contributed by atoms with Crippen molar-refractivity contribution in [3.05, 3.63) is 29.6 Å². The standard InChI is InChI=1S/C12H14BrFO2/c1-7-4-3-5-9(11(7)14)16-10-6-8(13)12(10)15-2/h3-5,8,10,12H,6H2,1-2H3. The van der Waals surface area contributed by atoms with Crippen molar-refractivity contribution in [3.8, 4) is 5.75 Å². The van der Waals surface area contributed by atoms with E-state index in [0.717, 1.165) is 6.42 Å². The number of methoxy groups -OCH3 is 1. The molecule has 0 saturated heterocycles. The lowest BCUT2D eigenvalue weighted by Crippen LogP contribution is -2.52. The molecule has 2 rings (SSSR count). The topological polar surface area (TPSA) is 18.5 Å². The second-order valence-electron chi connectivity index (χ2n) is 4.00. The van der Waals surface area contributed by atoms with Crippen LogP contribution in [0.25, 0.3) is 0 Å². The van der Waals surface area contributed by atoms with Gasteiger partial charge in [-0.25, -0.2) is 4.39 Å². The Balaban J connectivity index is 2.07. The van der Waals surface area contributed by atoms with Crippen molar-refractivity contribution in [3.63, 3.8) is 0 Å². The zero-order valence-electron chi connectivity index (χ0n) is 9.24. The molecule has 88 valence electrons. The predicted octanol–water partition coefficient (Wildman–Crippen LogP) is 3.06. The van der Waals surface area contributed by atoms with Gasteiger partial charge >= 0.3 is 0 Å². The lowest BCUT2D eigenvalue weighted by atomic mass is 9.91. The van der Waals surface area contributed by atoms with Crippen LogP contribution in [0.15, 0.2) is 18.2 Å². The van der Waals surface area contributed by atoms with Gasteiger partial charge in [-0.15, -0.1) is 0 Å². The van der Waals surface area contributed by atoms with Gasteiger partial charge in [-0.05, 0) is 18.6 Å². The molecule has 3 atom stereocenters. The first-order valence-corrected chi connectivity index (χ1v) is 6.13. The predicted molar refractivity (Wildman–Crippen MR) is 63.7 cm³/mol. The number of benzene rings is 1. The molecule has 4 heteroatoms. The van der Waals surface area contributed by atoms with Crippen molar-refractivity contribution >= 4 is 15.9 Å². The SMILES string of the molecule is COC1C(Br)CC1Oc1cccc(C)c1F. The van der Waals surface area contributed by atoms with Crippen LogP contribution in [0.5, 0.6) is 5.75 Å². The van der Waals surface area contributed by atoms with Gasteiger partial charge < -0.3 is 9.47 Å². The van der Waals surface area contributed by atoms with Gasteiger partial charge in [0, 0.05) is 18.4 Å². The summed E-state index contributed by atoms with van der Waals surface area (Å²) in [6.45, 7) is 1.73. The molecule has 16 heavy (non-hydrogen) atoms. The monoisotopic (exact) mass is 288 g/mol. The number of alkyl halides is 1. The van der Waals surface area contributed by atoms with Gasteiger partial charge in [-0.2, -0.15) is 0 Å². The van der Waals surface area contributed by atoms with Crippen LogP contribution in [0, 0.1) is 12.7 Å². The first-order valence-electron chi connectivity index (χ1n) is 5.22. The molecular formula is C12H14BrFO2. The minimum Gasteiger partial charge on any atom is -0.485 e. The highest BCUT2D eigenvalue weighted by Gasteiger charge is 2.42. The molecule has 1 aliphatic carbocycles. The van der Waals surface area contributed by atoms with Crippen molar-refractivity contribution in [2.24, 2.45) is 0 Å². The number of aryl methyl sites for hydroxylation is 1. The van der Waals surface area contributed by atoms with Crippen molar-refractivity contribution in [2.75, 3.05) is 7.11 Å².